The second-order valence-electron chi connectivity index (χ2n) is 17.7. The number of ether oxygens (including phenoxy) is 2. The smallest absolute Gasteiger partial charge is 0.181 e. The zero-order chi connectivity index (χ0) is 45.1. The van der Waals surface area contributed by atoms with Crippen LogP contribution in [0.3, 0.4) is 0 Å². The zero-order valence-electron chi connectivity index (χ0n) is 38.4. The number of hydrogen-bond donors (Lipinski definition) is 0. The van der Waals surface area contributed by atoms with Gasteiger partial charge in [-0.05, 0) is 111 Å². The predicted molar refractivity (Wildman–Crippen MR) is 263 cm³/mol. The Hall–Kier alpha value is -4.29. The highest BCUT2D eigenvalue weighted by Crippen LogP contribution is 2.47. The fraction of sp³-hybridized carbons (Fsp3) is 0.529. The van der Waals surface area contributed by atoms with E-state index >= 15 is 0 Å². The van der Waals surface area contributed by atoms with Crippen LogP contribution >= 0.6 is 0 Å². The van der Waals surface area contributed by atoms with Gasteiger partial charge in [-0.1, -0.05) is 86.5 Å². The van der Waals surface area contributed by atoms with E-state index in [1.165, 1.54) is 18.2 Å². The number of fused-ring (bicyclic) bond motifs is 2. The van der Waals surface area contributed by atoms with E-state index in [4.69, 9.17) is 9.47 Å². The fourth-order valence-electron chi connectivity index (χ4n) is 9.16. The summed E-state index contributed by atoms with van der Waals surface area (Å²) in [4.78, 5) is 6.90. The Labute approximate surface area is 381 Å². The molecule has 4 aromatic carbocycles. The number of anilines is 5. The second-order valence-corrected chi connectivity index (χ2v) is 21.6. The topological polar surface area (TPSA) is 96.5 Å². The van der Waals surface area contributed by atoms with Crippen LogP contribution < -0.4 is 24.2 Å². The zero-order valence-corrected chi connectivity index (χ0v) is 40.0. The van der Waals surface area contributed by atoms with Crippen LogP contribution in [0.2, 0.25) is 0 Å². The van der Waals surface area contributed by atoms with Crippen LogP contribution in [0.25, 0.3) is 0 Å². The van der Waals surface area contributed by atoms with Gasteiger partial charge in [0.15, 0.2) is 19.7 Å². The van der Waals surface area contributed by atoms with E-state index in [2.05, 4.69) is 32.6 Å². The first-order valence-electron chi connectivity index (χ1n) is 22.5. The van der Waals surface area contributed by atoms with Crippen molar-refractivity contribution in [2.45, 2.75) is 122 Å². The maximum Gasteiger partial charge on any atom is 0.181 e. The van der Waals surface area contributed by atoms with Crippen molar-refractivity contribution in [1.82, 2.24) is 0 Å². The number of unbranched alkanes of at least 4 members (excludes halogenated alkanes) is 4. The first-order chi connectivity index (χ1) is 29.6. The van der Waals surface area contributed by atoms with Gasteiger partial charge in [-0.15, -0.1) is 0 Å². The fourth-order valence-corrected chi connectivity index (χ4v) is 13.4. The van der Waals surface area contributed by atoms with Gasteiger partial charge in [0.1, 0.15) is 17.3 Å². The predicted octanol–water partition coefficient (Wildman–Crippen LogP) is 13.1. The van der Waals surface area contributed by atoms with Gasteiger partial charge in [0.05, 0.1) is 46.9 Å². The molecule has 0 aliphatic carbocycles. The summed E-state index contributed by atoms with van der Waals surface area (Å²) in [5.74, 6) is 1.40. The minimum Gasteiger partial charge on any atom is -0.497 e. The van der Waals surface area contributed by atoms with Crippen LogP contribution in [0.1, 0.15) is 114 Å². The molecule has 0 unspecified atom stereocenters. The molecule has 0 spiro atoms. The molecule has 63 heavy (non-hydrogen) atoms. The molecular formula is C51H76FN3O6S2. The molecule has 0 N–H and O–H groups in total. The maximum atomic E-state index is 14.2. The van der Waals surface area contributed by atoms with E-state index in [9.17, 15) is 21.2 Å². The van der Waals surface area contributed by atoms with E-state index in [-0.39, 0.29) is 36.1 Å². The molecule has 2 aliphatic rings. The lowest BCUT2D eigenvalue weighted by atomic mass is 9.79. The van der Waals surface area contributed by atoms with E-state index in [0.29, 0.717) is 23.7 Å². The molecule has 2 aliphatic heterocycles. The maximum absolute atomic E-state index is 14.2. The normalized spacial score (nSPS) is 16.8. The van der Waals surface area contributed by atoms with Crippen LogP contribution in [0.5, 0.6) is 11.5 Å². The van der Waals surface area contributed by atoms with Crippen molar-refractivity contribution in [2.24, 2.45) is 10.8 Å². The lowest BCUT2D eigenvalue weighted by Gasteiger charge is -2.37. The SMILES string of the molecule is C.CCCCC1(CCCC)CN(c2ccc(OC)cc2)c2cc(F)ccc2S(=O)(=O)C1.CCCCC1(CCCC)CN(c2ccc(OC)cc2)c2cc(N(C)C)ccc2S(=O)(=O)C1.[HH]. The molecule has 0 fully saturated rings. The number of methoxy groups -OCH3 is 2. The third-order valence-electron chi connectivity index (χ3n) is 12.6. The van der Waals surface area contributed by atoms with Crippen LogP contribution in [0.15, 0.2) is 94.7 Å². The average molecular weight is 910 g/mol. The summed E-state index contributed by atoms with van der Waals surface area (Å²) in [5.41, 5.74) is 3.38. The molecule has 2 heterocycles. The highest BCUT2D eigenvalue weighted by atomic mass is 32.2. The number of rotatable bonds is 17. The molecule has 0 saturated heterocycles. The van der Waals surface area contributed by atoms with Gasteiger partial charge in [0, 0.05) is 56.5 Å². The van der Waals surface area contributed by atoms with Gasteiger partial charge in [-0.3, -0.25) is 0 Å². The van der Waals surface area contributed by atoms with Crippen molar-refractivity contribution < 1.29 is 32.1 Å². The Kier molecular flexibility index (Phi) is 18.4. The van der Waals surface area contributed by atoms with Crippen LogP contribution in [0.4, 0.5) is 32.8 Å². The molecule has 0 saturated carbocycles. The summed E-state index contributed by atoms with van der Waals surface area (Å²) in [7, 11) is 0.258. The van der Waals surface area contributed by atoms with E-state index < -0.39 is 25.5 Å². The molecule has 6 rings (SSSR count). The number of sulfone groups is 2. The molecule has 0 bridgehead atoms. The summed E-state index contributed by atoms with van der Waals surface area (Å²) in [6, 6.07) is 25.3. The first kappa shape index (κ1) is 51.3. The second kappa shape index (κ2) is 22.6. The summed E-state index contributed by atoms with van der Waals surface area (Å²) >= 11 is 0. The van der Waals surface area contributed by atoms with Crippen LogP contribution in [0, 0.1) is 16.6 Å². The Bertz CT molecular complexity index is 2270. The Morgan fingerprint density at radius 3 is 1.30 bits per heavy atom. The van der Waals surface area contributed by atoms with Gasteiger partial charge in [0.25, 0.3) is 0 Å². The van der Waals surface area contributed by atoms with Crippen molar-refractivity contribution in [1.29, 1.82) is 0 Å². The largest absolute Gasteiger partial charge is 0.497 e. The molecule has 9 nitrogen and oxygen atoms in total. The highest BCUT2D eigenvalue weighted by Gasteiger charge is 2.43. The average Bonchev–Trinajstić information content (AvgIpc) is 3.43. The molecule has 0 aromatic heterocycles. The minimum absolute atomic E-state index is 0. The number of halogens is 1. The molecule has 0 atom stereocenters. The number of nitrogens with zero attached hydrogens (tertiary/aromatic N) is 3. The van der Waals surface area contributed by atoms with Crippen LogP contribution in [-0.2, 0) is 19.7 Å². The van der Waals surface area contributed by atoms with Crippen molar-refractivity contribution in [3.05, 3.63) is 90.7 Å². The lowest BCUT2D eigenvalue weighted by Crippen LogP contribution is -2.38. The van der Waals surface area contributed by atoms with Crippen molar-refractivity contribution in [3.63, 3.8) is 0 Å². The van der Waals surface area contributed by atoms with Gasteiger partial charge >= 0.3 is 0 Å². The number of hydrogen-bond acceptors (Lipinski definition) is 9. The van der Waals surface area contributed by atoms with Gasteiger partial charge in [-0.25, -0.2) is 21.2 Å². The Morgan fingerprint density at radius 2 is 0.952 bits per heavy atom. The molecule has 350 valence electrons. The minimum atomic E-state index is -3.55. The monoisotopic (exact) mass is 910 g/mol. The summed E-state index contributed by atoms with van der Waals surface area (Å²) in [5, 5.41) is 0. The summed E-state index contributed by atoms with van der Waals surface area (Å²) < 4.78 is 79.3. The third-order valence-corrected chi connectivity index (χ3v) is 16.6. The molecule has 0 radical (unpaired) electrons. The molecule has 0 amide bonds. The van der Waals surface area contributed by atoms with E-state index in [1.807, 2.05) is 84.6 Å². The van der Waals surface area contributed by atoms with E-state index in [1.54, 1.807) is 20.3 Å². The Morgan fingerprint density at radius 1 is 0.587 bits per heavy atom. The number of benzene rings is 4. The first-order valence-corrected chi connectivity index (χ1v) is 25.8. The summed E-state index contributed by atoms with van der Waals surface area (Å²) in [6.45, 7) is 9.86. The van der Waals surface area contributed by atoms with E-state index in [0.717, 1.165) is 111 Å². The standard InChI is InChI=1S/C26H38N2O3S.C24H32FNO3S.CH4.H2/c1-6-8-16-26(17-9-7-2)19-28(21-10-13-23(31-5)14-11-21)24-18-22(27(3)4)12-15-25(24)32(29,30)20-26;1-4-6-14-24(15-7-5-2)17-26(20-9-11-21(29-3)12-10-20)22-16-19(25)8-13-23(22)30(27,28)18-24;;/h10-15,18H,6-9,16-17,19-20H2,1-5H3;8-13,16H,4-7,14-15,17-18H2,1-3H3;1H4;1H. The van der Waals surface area contributed by atoms with Gasteiger partial charge in [0.2, 0.25) is 0 Å². The van der Waals surface area contributed by atoms with Crippen molar-refractivity contribution in [2.75, 3.05) is 67.6 Å². The quantitative estimate of drug-likeness (QED) is 0.0960. The van der Waals surface area contributed by atoms with Gasteiger partial charge < -0.3 is 24.2 Å². The Balaban J connectivity index is 0.000000331. The molecular weight excluding hydrogens is 834 g/mol. The molecule has 12 heteroatoms. The van der Waals surface area contributed by atoms with Gasteiger partial charge in [-0.2, -0.15) is 0 Å². The van der Waals surface area contributed by atoms with Crippen molar-refractivity contribution in [3.8, 4) is 11.5 Å². The molecule has 4 aromatic rings. The lowest BCUT2D eigenvalue weighted by molar-refractivity contribution is 0.270. The third kappa shape index (κ3) is 12.5. The highest BCUT2D eigenvalue weighted by molar-refractivity contribution is 7.92. The summed E-state index contributed by atoms with van der Waals surface area (Å²) in [6.07, 6.45) is 11.7. The van der Waals surface area contributed by atoms with Crippen molar-refractivity contribution >= 4 is 48.1 Å². The van der Waals surface area contributed by atoms with Crippen LogP contribution in [-0.4, -0.2) is 69.7 Å².